The van der Waals surface area contributed by atoms with Crippen LogP contribution in [-0.4, -0.2) is 4.98 Å². The predicted molar refractivity (Wildman–Crippen MR) is 113 cm³/mol. The third-order valence-electron chi connectivity index (χ3n) is 5.92. The molecule has 1 unspecified atom stereocenters. The molecule has 3 aromatic heterocycles. The van der Waals surface area contributed by atoms with Gasteiger partial charge in [0.25, 0.3) is 0 Å². The summed E-state index contributed by atoms with van der Waals surface area (Å²) in [5, 5.41) is 3.75. The van der Waals surface area contributed by atoms with Crippen molar-refractivity contribution in [2.45, 2.75) is 58.3 Å². The molecule has 0 fully saturated rings. The third-order valence-corrected chi connectivity index (χ3v) is 7.99. The molecule has 0 saturated carbocycles. The van der Waals surface area contributed by atoms with E-state index in [0.717, 1.165) is 5.92 Å². The molecular formula is C21H24ClNS2. The standard InChI is InChI=1S/C21H23NS2.ClH/c1-2-13-9-10-16-15(12-13)19(18-8-5-11-23-18)20-14-6-3-4-7-17(14)24-21(20)22-16;/h5,8,11,13H,2-4,6-7,9-10,12H2,1H3;1H. The summed E-state index contributed by atoms with van der Waals surface area (Å²) in [6.07, 6.45) is 10.2. The molecular weight excluding hydrogens is 366 g/mol. The van der Waals surface area contributed by atoms with Crippen LogP contribution in [0, 0.1) is 5.92 Å². The molecule has 0 aliphatic heterocycles. The van der Waals surface area contributed by atoms with Crippen molar-refractivity contribution in [1.82, 2.24) is 4.98 Å². The third kappa shape index (κ3) is 2.85. The fraction of sp³-hybridized carbons (Fsp3) is 0.476. The quantitative estimate of drug-likeness (QED) is 0.467. The van der Waals surface area contributed by atoms with Crippen molar-refractivity contribution < 1.29 is 0 Å². The number of halogens is 1. The van der Waals surface area contributed by atoms with Crippen LogP contribution in [0.15, 0.2) is 17.5 Å². The van der Waals surface area contributed by atoms with Gasteiger partial charge in [-0.25, -0.2) is 4.98 Å². The molecule has 0 radical (unpaired) electrons. The van der Waals surface area contributed by atoms with E-state index in [-0.39, 0.29) is 12.4 Å². The number of fused-ring (bicyclic) bond motifs is 4. The first-order valence-corrected chi connectivity index (χ1v) is 11.0. The van der Waals surface area contributed by atoms with Crippen molar-refractivity contribution >= 4 is 45.3 Å². The molecule has 2 aliphatic carbocycles. The van der Waals surface area contributed by atoms with Crippen molar-refractivity contribution in [2.24, 2.45) is 5.92 Å². The molecule has 0 amide bonds. The average Bonchev–Trinajstić information content (AvgIpc) is 3.27. The van der Waals surface area contributed by atoms with Crippen molar-refractivity contribution in [3.8, 4) is 10.4 Å². The van der Waals surface area contributed by atoms with Gasteiger partial charge in [0, 0.05) is 26.4 Å². The highest BCUT2D eigenvalue weighted by molar-refractivity contribution is 7.19. The van der Waals surface area contributed by atoms with Crippen molar-refractivity contribution in [3.05, 3.63) is 39.2 Å². The zero-order chi connectivity index (χ0) is 16.1. The lowest BCUT2D eigenvalue weighted by Gasteiger charge is -2.26. The van der Waals surface area contributed by atoms with Crippen LogP contribution >= 0.6 is 35.1 Å². The molecule has 132 valence electrons. The molecule has 4 heteroatoms. The average molecular weight is 390 g/mol. The first kappa shape index (κ1) is 17.5. The van der Waals surface area contributed by atoms with E-state index in [4.69, 9.17) is 4.98 Å². The van der Waals surface area contributed by atoms with E-state index in [1.807, 2.05) is 22.7 Å². The van der Waals surface area contributed by atoms with Gasteiger partial charge in [-0.3, -0.25) is 0 Å². The van der Waals surface area contributed by atoms with E-state index in [9.17, 15) is 0 Å². The lowest BCUT2D eigenvalue weighted by molar-refractivity contribution is 0.441. The molecule has 3 heterocycles. The Balaban J connectivity index is 0.00000157. The summed E-state index contributed by atoms with van der Waals surface area (Å²) in [5.74, 6) is 0.838. The molecule has 1 atom stereocenters. The second kappa shape index (κ2) is 7.02. The maximum atomic E-state index is 5.18. The maximum Gasteiger partial charge on any atom is 0.124 e. The Kier molecular flexibility index (Phi) is 4.91. The van der Waals surface area contributed by atoms with Gasteiger partial charge in [-0.05, 0) is 73.4 Å². The predicted octanol–water partition coefficient (Wildman–Crippen LogP) is 6.84. The van der Waals surface area contributed by atoms with Crippen molar-refractivity contribution in [2.75, 3.05) is 0 Å². The minimum Gasteiger partial charge on any atom is -0.242 e. The largest absolute Gasteiger partial charge is 0.242 e. The molecule has 0 aromatic carbocycles. The number of pyridine rings is 1. The Hall–Kier alpha value is -0.900. The molecule has 1 nitrogen and oxygen atoms in total. The Morgan fingerprint density at radius 2 is 2.04 bits per heavy atom. The number of aromatic nitrogens is 1. The van der Waals surface area contributed by atoms with Crippen LogP contribution in [-0.2, 0) is 25.7 Å². The van der Waals surface area contributed by atoms with Gasteiger partial charge >= 0.3 is 0 Å². The van der Waals surface area contributed by atoms with Crippen LogP contribution in [0.4, 0.5) is 0 Å². The zero-order valence-corrected chi connectivity index (χ0v) is 17.1. The number of nitrogens with zero attached hydrogens (tertiary/aromatic N) is 1. The van der Waals surface area contributed by atoms with E-state index in [1.54, 1.807) is 21.6 Å². The molecule has 2 aliphatic rings. The Bertz CT molecular complexity index is 895. The second-order valence-corrected chi connectivity index (χ2v) is 9.33. The molecule has 0 bridgehead atoms. The van der Waals surface area contributed by atoms with Crippen LogP contribution in [0.5, 0.6) is 0 Å². The van der Waals surface area contributed by atoms with E-state index >= 15 is 0 Å². The number of aryl methyl sites for hydroxylation is 3. The van der Waals surface area contributed by atoms with E-state index in [1.165, 1.54) is 72.2 Å². The summed E-state index contributed by atoms with van der Waals surface area (Å²) in [7, 11) is 0. The maximum absolute atomic E-state index is 5.18. The van der Waals surface area contributed by atoms with Gasteiger partial charge in [-0.1, -0.05) is 19.4 Å². The number of rotatable bonds is 2. The van der Waals surface area contributed by atoms with E-state index in [2.05, 4.69) is 24.4 Å². The number of thiophene rings is 2. The van der Waals surface area contributed by atoms with E-state index in [0.29, 0.717) is 0 Å². The highest BCUT2D eigenvalue weighted by Crippen LogP contribution is 2.46. The summed E-state index contributed by atoms with van der Waals surface area (Å²) >= 11 is 3.89. The molecule has 5 rings (SSSR count). The second-order valence-electron chi connectivity index (χ2n) is 7.30. The first-order valence-electron chi connectivity index (χ1n) is 9.35. The van der Waals surface area contributed by atoms with Gasteiger partial charge in [-0.2, -0.15) is 0 Å². The van der Waals surface area contributed by atoms with Crippen LogP contribution < -0.4 is 0 Å². The monoisotopic (exact) mass is 389 g/mol. The molecule has 25 heavy (non-hydrogen) atoms. The van der Waals surface area contributed by atoms with Gasteiger partial charge in [0.15, 0.2) is 0 Å². The lowest BCUT2D eigenvalue weighted by Crippen LogP contribution is -2.16. The smallest absolute Gasteiger partial charge is 0.124 e. The van der Waals surface area contributed by atoms with Crippen LogP contribution in [0.1, 0.15) is 54.3 Å². The van der Waals surface area contributed by atoms with Crippen molar-refractivity contribution in [1.29, 1.82) is 0 Å². The molecule has 0 N–H and O–H groups in total. The van der Waals surface area contributed by atoms with Gasteiger partial charge in [0.2, 0.25) is 0 Å². The van der Waals surface area contributed by atoms with Gasteiger partial charge in [0.1, 0.15) is 4.83 Å². The van der Waals surface area contributed by atoms with Gasteiger partial charge in [0.05, 0.1) is 0 Å². The summed E-state index contributed by atoms with van der Waals surface area (Å²) in [5.41, 5.74) is 6.17. The highest BCUT2D eigenvalue weighted by atomic mass is 35.5. The van der Waals surface area contributed by atoms with E-state index < -0.39 is 0 Å². The fourth-order valence-corrected chi connectivity index (χ4v) is 6.67. The summed E-state index contributed by atoms with van der Waals surface area (Å²) < 4.78 is 0. The SMILES string of the molecule is CCC1CCc2nc3sc4c(c3c(-c3cccs3)c2C1)CCCC4.Cl. The van der Waals surface area contributed by atoms with Crippen molar-refractivity contribution in [3.63, 3.8) is 0 Å². The first-order chi connectivity index (χ1) is 11.8. The van der Waals surface area contributed by atoms with Crippen LogP contribution in [0.2, 0.25) is 0 Å². The molecule has 0 saturated heterocycles. The summed E-state index contributed by atoms with van der Waals surface area (Å²) in [6.45, 7) is 2.35. The summed E-state index contributed by atoms with van der Waals surface area (Å²) in [6, 6.07) is 4.53. The molecule has 3 aromatic rings. The Morgan fingerprint density at radius 1 is 1.16 bits per heavy atom. The topological polar surface area (TPSA) is 12.9 Å². The highest BCUT2D eigenvalue weighted by Gasteiger charge is 2.28. The Labute approximate surface area is 163 Å². The lowest BCUT2D eigenvalue weighted by atomic mass is 9.81. The van der Waals surface area contributed by atoms with Gasteiger partial charge < -0.3 is 0 Å². The normalized spacial score (nSPS) is 19.3. The fourth-order valence-electron chi connectivity index (χ4n) is 4.57. The molecule has 0 spiro atoms. The zero-order valence-electron chi connectivity index (χ0n) is 14.6. The number of hydrogen-bond acceptors (Lipinski definition) is 3. The van der Waals surface area contributed by atoms with Crippen LogP contribution in [0.25, 0.3) is 20.7 Å². The summed E-state index contributed by atoms with van der Waals surface area (Å²) in [4.78, 5) is 9.58. The van der Waals surface area contributed by atoms with Crippen LogP contribution in [0.3, 0.4) is 0 Å². The Morgan fingerprint density at radius 3 is 2.84 bits per heavy atom. The minimum atomic E-state index is 0. The van der Waals surface area contributed by atoms with Gasteiger partial charge in [-0.15, -0.1) is 35.1 Å². The number of hydrogen-bond donors (Lipinski definition) is 0. The minimum absolute atomic E-state index is 0.